The topological polar surface area (TPSA) is 34.1 Å². The van der Waals surface area contributed by atoms with Crippen molar-refractivity contribution in [1.29, 1.82) is 0 Å². The van der Waals surface area contributed by atoms with Gasteiger partial charge in [0.1, 0.15) is 0 Å². The quantitative estimate of drug-likeness (QED) is 0.801. The highest BCUT2D eigenvalue weighted by atomic mass is 79.9. The van der Waals surface area contributed by atoms with Crippen LogP contribution in [0.2, 0.25) is 0 Å². The molecule has 1 aromatic carbocycles. The minimum Gasteiger partial charge on any atom is -0.224 e. The number of benzene rings is 1. The molecule has 0 aliphatic heterocycles. The molecule has 0 saturated heterocycles. The second-order valence-corrected chi connectivity index (χ2v) is 7.42. The summed E-state index contributed by atoms with van der Waals surface area (Å²) < 4.78 is 24.3. The molecule has 0 spiro atoms. The van der Waals surface area contributed by atoms with Gasteiger partial charge in [-0.3, -0.25) is 0 Å². The molecule has 0 N–H and O–H groups in total. The van der Waals surface area contributed by atoms with E-state index in [1.807, 2.05) is 26.8 Å². The average Bonchev–Trinajstić information content (AvgIpc) is 2.16. The van der Waals surface area contributed by atoms with Crippen LogP contribution in [0.4, 0.5) is 0 Å². The van der Waals surface area contributed by atoms with Crippen molar-refractivity contribution in [3.8, 4) is 0 Å². The average molecular weight is 305 g/mol. The van der Waals surface area contributed by atoms with E-state index < -0.39 is 9.84 Å². The van der Waals surface area contributed by atoms with Gasteiger partial charge in [0.05, 0.1) is 10.6 Å². The molecule has 2 nitrogen and oxygen atoms in total. The Kier molecular flexibility index (Phi) is 4.18. The lowest BCUT2D eigenvalue weighted by Gasteiger charge is -2.21. The van der Waals surface area contributed by atoms with Gasteiger partial charge in [0.2, 0.25) is 0 Å². The second kappa shape index (κ2) is 4.88. The molecule has 0 saturated carbocycles. The molecule has 0 aromatic heterocycles. The standard InChI is InChI=1S/C12H17BrO2S/c1-10-5-4-6-11(7-10)16(14,15)9-12(2,3)8-13/h4-7H,8-9H2,1-3H3. The summed E-state index contributed by atoms with van der Waals surface area (Å²) in [5.74, 6) is 0.161. The molecule has 0 fully saturated rings. The molecule has 0 bridgehead atoms. The largest absolute Gasteiger partial charge is 0.224 e. The minimum absolute atomic E-state index is 0.161. The van der Waals surface area contributed by atoms with Crippen molar-refractivity contribution in [2.75, 3.05) is 11.1 Å². The first-order chi connectivity index (χ1) is 7.27. The SMILES string of the molecule is Cc1cccc(S(=O)(=O)CC(C)(C)CBr)c1. The minimum atomic E-state index is -3.18. The van der Waals surface area contributed by atoms with Crippen LogP contribution in [-0.2, 0) is 9.84 Å². The Morgan fingerprint density at radius 3 is 2.44 bits per heavy atom. The molecule has 0 atom stereocenters. The molecule has 0 aliphatic rings. The van der Waals surface area contributed by atoms with Gasteiger partial charge in [0.15, 0.2) is 9.84 Å². The third-order valence-electron chi connectivity index (χ3n) is 2.29. The number of aryl methyl sites for hydroxylation is 1. The fourth-order valence-corrected chi connectivity index (χ4v) is 3.85. The van der Waals surface area contributed by atoms with Gasteiger partial charge >= 0.3 is 0 Å². The van der Waals surface area contributed by atoms with Crippen molar-refractivity contribution in [3.63, 3.8) is 0 Å². The summed E-state index contributed by atoms with van der Waals surface area (Å²) in [5.41, 5.74) is 0.723. The normalized spacial score (nSPS) is 12.8. The van der Waals surface area contributed by atoms with Gasteiger partial charge in [-0.2, -0.15) is 0 Å². The van der Waals surface area contributed by atoms with Crippen LogP contribution in [-0.4, -0.2) is 19.5 Å². The van der Waals surface area contributed by atoms with Gasteiger partial charge < -0.3 is 0 Å². The molecular weight excluding hydrogens is 288 g/mol. The van der Waals surface area contributed by atoms with E-state index in [-0.39, 0.29) is 11.2 Å². The summed E-state index contributed by atoms with van der Waals surface area (Å²) >= 11 is 3.35. The zero-order valence-corrected chi connectivity index (χ0v) is 12.2. The third-order valence-corrected chi connectivity index (χ3v) is 5.94. The van der Waals surface area contributed by atoms with Gasteiger partial charge in [-0.05, 0) is 30.0 Å². The van der Waals surface area contributed by atoms with E-state index in [9.17, 15) is 8.42 Å². The van der Waals surface area contributed by atoms with E-state index in [1.165, 1.54) is 0 Å². The number of rotatable bonds is 4. The first kappa shape index (κ1) is 13.7. The molecule has 90 valence electrons. The van der Waals surface area contributed by atoms with E-state index in [2.05, 4.69) is 15.9 Å². The molecule has 0 unspecified atom stereocenters. The van der Waals surface area contributed by atoms with Crippen LogP contribution in [0.25, 0.3) is 0 Å². The zero-order chi connectivity index (χ0) is 12.4. The molecule has 0 amide bonds. The fraction of sp³-hybridized carbons (Fsp3) is 0.500. The first-order valence-corrected chi connectivity index (χ1v) is 7.90. The molecule has 0 heterocycles. The summed E-state index contributed by atoms with van der Waals surface area (Å²) in [6.45, 7) is 5.78. The van der Waals surface area contributed by atoms with Gasteiger partial charge in [-0.15, -0.1) is 0 Å². The Hall–Kier alpha value is -0.350. The Morgan fingerprint density at radius 1 is 1.31 bits per heavy atom. The van der Waals surface area contributed by atoms with Gasteiger partial charge in [-0.25, -0.2) is 8.42 Å². The van der Waals surface area contributed by atoms with Crippen molar-refractivity contribution in [1.82, 2.24) is 0 Å². The number of hydrogen-bond donors (Lipinski definition) is 0. The molecular formula is C12H17BrO2S. The van der Waals surface area contributed by atoms with E-state index >= 15 is 0 Å². The molecule has 1 rings (SSSR count). The van der Waals surface area contributed by atoms with Crippen LogP contribution in [0.3, 0.4) is 0 Å². The molecule has 0 aliphatic carbocycles. The summed E-state index contributed by atoms with van der Waals surface area (Å²) in [7, 11) is -3.18. The van der Waals surface area contributed by atoms with Crippen molar-refractivity contribution in [2.24, 2.45) is 5.41 Å². The molecule has 0 radical (unpaired) electrons. The van der Waals surface area contributed by atoms with Crippen LogP contribution in [0.5, 0.6) is 0 Å². The predicted octanol–water partition coefficient (Wildman–Crippen LogP) is 3.19. The zero-order valence-electron chi connectivity index (χ0n) is 9.83. The van der Waals surface area contributed by atoms with E-state index in [4.69, 9.17) is 0 Å². The molecule has 4 heteroatoms. The van der Waals surface area contributed by atoms with Crippen LogP contribution < -0.4 is 0 Å². The number of sulfone groups is 1. The van der Waals surface area contributed by atoms with Crippen molar-refractivity contribution in [3.05, 3.63) is 29.8 Å². The van der Waals surface area contributed by atoms with Crippen molar-refractivity contribution in [2.45, 2.75) is 25.7 Å². The lowest BCUT2D eigenvalue weighted by atomic mass is 10.0. The summed E-state index contributed by atoms with van der Waals surface area (Å²) in [4.78, 5) is 0.418. The first-order valence-electron chi connectivity index (χ1n) is 5.12. The monoisotopic (exact) mass is 304 g/mol. The summed E-state index contributed by atoms with van der Waals surface area (Å²) in [6, 6.07) is 7.06. The highest BCUT2D eigenvalue weighted by molar-refractivity contribution is 9.09. The van der Waals surface area contributed by atoms with Crippen LogP contribution >= 0.6 is 15.9 Å². The maximum atomic E-state index is 12.1. The molecule has 1 aromatic rings. The Labute approximate surface area is 106 Å². The fourth-order valence-electron chi connectivity index (χ4n) is 1.45. The third kappa shape index (κ3) is 3.59. The Bertz CT molecular complexity index is 464. The predicted molar refractivity (Wildman–Crippen MR) is 70.8 cm³/mol. The van der Waals surface area contributed by atoms with Crippen LogP contribution in [0.1, 0.15) is 19.4 Å². The highest BCUT2D eigenvalue weighted by Gasteiger charge is 2.26. The lowest BCUT2D eigenvalue weighted by Crippen LogP contribution is -2.25. The summed E-state index contributed by atoms with van der Waals surface area (Å²) in [6.07, 6.45) is 0. The highest BCUT2D eigenvalue weighted by Crippen LogP contribution is 2.24. The van der Waals surface area contributed by atoms with E-state index in [0.29, 0.717) is 10.2 Å². The number of hydrogen-bond acceptors (Lipinski definition) is 2. The Balaban J connectivity index is 3.04. The van der Waals surface area contributed by atoms with Gasteiger partial charge in [-0.1, -0.05) is 41.9 Å². The maximum absolute atomic E-state index is 12.1. The van der Waals surface area contributed by atoms with Crippen molar-refractivity contribution >= 4 is 25.8 Å². The van der Waals surface area contributed by atoms with E-state index in [0.717, 1.165) is 5.56 Å². The molecule has 16 heavy (non-hydrogen) atoms. The van der Waals surface area contributed by atoms with Crippen molar-refractivity contribution < 1.29 is 8.42 Å². The number of halogens is 1. The Morgan fingerprint density at radius 2 is 1.94 bits per heavy atom. The van der Waals surface area contributed by atoms with Crippen LogP contribution in [0.15, 0.2) is 29.2 Å². The van der Waals surface area contributed by atoms with Gasteiger partial charge in [0, 0.05) is 5.33 Å². The van der Waals surface area contributed by atoms with E-state index in [1.54, 1.807) is 18.2 Å². The van der Waals surface area contributed by atoms with Crippen LogP contribution in [0, 0.1) is 12.3 Å². The second-order valence-electron chi connectivity index (χ2n) is 4.87. The number of alkyl halides is 1. The van der Waals surface area contributed by atoms with Gasteiger partial charge in [0.25, 0.3) is 0 Å². The maximum Gasteiger partial charge on any atom is 0.178 e. The lowest BCUT2D eigenvalue weighted by molar-refractivity contribution is 0.474. The summed E-state index contributed by atoms with van der Waals surface area (Å²) in [5, 5.41) is 0.672. The smallest absolute Gasteiger partial charge is 0.178 e.